The fraction of sp³-hybridized carbons (Fsp3) is 0.364. The predicted molar refractivity (Wildman–Crippen MR) is 122 cm³/mol. The lowest BCUT2D eigenvalue weighted by atomic mass is 10.1. The van der Waals surface area contributed by atoms with E-state index in [9.17, 15) is 9.59 Å². The number of ether oxygens (including phenoxy) is 2. The lowest BCUT2D eigenvalue weighted by Crippen LogP contribution is -2.50. The van der Waals surface area contributed by atoms with Gasteiger partial charge in [-0.15, -0.1) is 0 Å². The van der Waals surface area contributed by atoms with E-state index in [1.54, 1.807) is 35.2 Å². The fourth-order valence-corrected chi connectivity index (χ4v) is 3.82. The van der Waals surface area contributed by atoms with Crippen LogP contribution < -0.4 is 14.8 Å². The van der Waals surface area contributed by atoms with E-state index in [0.717, 1.165) is 0 Å². The van der Waals surface area contributed by atoms with E-state index < -0.39 is 0 Å². The molecule has 0 atom stereocenters. The van der Waals surface area contributed by atoms with E-state index in [1.165, 1.54) is 7.11 Å². The number of piperazine rings is 1. The molecule has 1 aliphatic rings. The molecule has 0 aliphatic carbocycles. The van der Waals surface area contributed by atoms with E-state index in [4.69, 9.17) is 32.7 Å². The van der Waals surface area contributed by atoms with Crippen LogP contribution in [0.1, 0.15) is 17.3 Å². The standard InChI is InChI=1S/C22H25Cl2N3O4/c1-3-31-21-17(24)12-15(13-19(21)30-2)22(29)27-10-8-26(9-11-27)14-20(28)25-18-7-5-4-6-16(18)23/h4-7,12-13H,3,8-11,14H2,1-2H3,(H,25,28). The number of carbonyl (C=O) groups is 2. The summed E-state index contributed by atoms with van der Waals surface area (Å²) in [6.07, 6.45) is 0. The molecule has 1 heterocycles. The third-order valence-electron chi connectivity index (χ3n) is 4.94. The number of benzene rings is 2. The molecule has 2 amide bonds. The monoisotopic (exact) mass is 465 g/mol. The zero-order valence-corrected chi connectivity index (χ0v) is 19.0. The molecule has 1 aliphatic heterocycles. The van der Waals surface area contributed by atoms with E-state index in [1.807, 2.05) is 17.9 Å². The third-order valence-corrected chi connectivity index (χ3v) is 5.55. The van der Waals surface area contributed by atoms with Gasteiger partial charge in [0.1, 0.15) is 0 Å². The molecule has 7 nitrogen and oxygen atoms in total. The van der Waals surface area contributed by atoms with Gasteiger partial charge in [0, 0.05) is 31.7 Å². The molecule has 2 aromatic carbocycles. The van der Waals surface area contributed by atoms with E-state index in [-0.39, 0.29) is 18.4 Å². The average Bonchev–Trinajstić information content (AvgIpc) is 2.76. The lowest BCUT2D eigenvalue weighted by molar-refractivity contribution is -0.117. The van der Waals surface area contributed by atoms with Gasteiger partial charge >= 0.3 is 0 Å². The van der Waals surface area contributed by atoms with Gasteiger partial charge in [0.25, 0.3) is 5.91 Å². The van der Waals surface area contributed by atoms with Gasteiger partial charge in [0.2, 0.25) is 5.91 Å². The van der Waals surface area contributed by atoms with Gasteiger partial charge in [-0.1, -0.05) is 35.3 Å². The van der Waals surface area contributed by atoms with Gasteiger partial charge in [-0.05, 0) is 31.2 Å². The van der Waals surface area contributed by atoms with Crippen molar-refractivity contribution < 1.29 is 19.1 Å². The minimum Gasteiger partial charge on any atom is -0.493 e. The van der Waals surface area contributed by atoms with Crippen LogP contribution in [-0.2, 0) is 4.79 Å². The minimum atomic E-state index is -0.143. The van der Waals surface area contributed by atoms with E-state index in [2.05, 4.69) is 5.32 Å². The first-order valence-corrected chi connectivity index (χ1v) is 10.7. The Morgan fingerprint density at radius 3 is 2.42 bits per heavy atom. The number of carbonyl (C=O) groups excluding carboxylic acids is 2. The van der Waals surface area contributed by atoms with Gasteiger partial charge in [0.05, 0.1) is 36.0 Å². The van der Waals surface area contributed by atoms with Crippen molar-refractivity contribution in [2.75, 3.05) is 51.8 Å². The molecule has 0 saturated carbocycles. The average molecular weight is 466 g/mol. The van der Waals surface area contributed by atoms with Crippen molar-refractivity contribution in [3.63, 3.8) is 0 Å². The Balaban J connectivity index is 1.57. The highest BCUT2D eigenvalue weighted by Gasteiger charge is 2.25. The van der Waals surface area contributed by atoms with Crippen molar-refractivity contribution in [2.24, 2.45) is 0 Å². The van der Waals surface area contributed by atoms with Crippen molar-refractivity contribution >= 4 is 40.7 Å². The number of amides is 2. The van der Waals surface area contributed by atoms with Crippen LogP contribution in [0.15, 0.2) is 36.4 Å². The van der Waals surface area contributed by atoms with Crippen LogP contribution >= 0.6 is 23.2 Å². The Bertz CT molecular complexity index is 946. The molecule has 31 heavy (non-hydrogen) atoms. The zero-order valence-electron chi connectivity index (χ0n) is 17.5. The van der Waals surface area contributed by atoms with E-state index >= 15 is 0 Å². The summed E-state index contributed by atoms with van der Waals surface area (Å²) in [6.45, 7) is 4.71. The predicted octanol–water partition coefficient (Wildman–Crippen LogP) is 3.80. The zero-order chi connectivity index (χ0) is 22.4. The highest BCUT2D eigenvalue weighted by Crippen LogP contribution is 2.36. The quantitative estimate of drug-likeness (QED) is 0.673. The number of hydrogen-bond acceptors (Lipinski definition) is 5. The number of nitrogens with one attached hydrogen (secondary N) is 1. The number of rotatable bonds is 7. The molecule has 1 saturated heterocycles. The van der Waals surface area contributed by atoms with Gasteiger partial charge < -0.3 is 19.7 Å². The summed E-state index contributed by atoms with van der Waals surface area (Å²) in [5.41, 5.74) is 1.03. The van der Waals surface area contributed by atoms with Crippen LogP contribution in [-0.4, -0.2) is 68.1 Å². The maximum Gasteiger partial charge on any atom is 0.254 e. The highest BCUT2D eigenvalue weighted by atomic mass is 35.5. The number of halogens is 2. The summed E-state index contributed by atoms with van der Waals surface area (Å²) in [4.78, 5) is 29.0. The van der Waals surface area contributed by atoms with Crippen LogP contribution in [0.2, 0.25) is 10.0 Å². The molecule has 3 rings (SSSR count). The van der Waals surface area contributed by atoms with Crippen molar-refractivity contribution in [3.8, 4) is 11.5 Å². The molecular formula is C22H25Cl2N3O4. The van der Waals surface area contributed by atoms with Crippen molar-refractivity contribution in [1.82, 2.24) is 9.80 Å². The Labute approximate surface area is 191 Å². The van der Waals surface area contributed by atoms with Crippen molar-refractivity contribution in [2.45, 2.75) is 6.92 Å². The van der Waals surface area contributed by atoms with Crippen molar-refractivity contribution in [3.05, 3.63) is 52.0 Å². The van der Waals surface area contributed by atoms with E-state index in [0.29, 0.717) is 65.6 Å². The Morgan fingerprint density at radius 1 is 1.06 bits per heavy atom. The van der Waals surface area contributed by atoms with Gasteiger partial charge in [-0.2, -0.15) is 0 Å². The Kier molecular flexibility index (Phi) is 8.01. The molecule has 166 valence electrons. The first-order chi connectivity index (χ1) is 14.9. The molecule has 0 unspecified atom stereocenters. The third kappa shape index (κ3) is 5.81. The Hall–Kier alpha value is -2.48. The van der Waals surface area contributed by atoms with Crippen LogP contribution in [0.4, 0.5) is 5.69 Å². The summed E-state index contributed by atoms with van der Waals surface area (Å²) in [6, 6.07) is 10.3. The fourth-order valence-electron chi connectivity index (χ4n) is 3.37. The highest BCUT2D eigenvalue weighted by molar-refractivity contribution is 6.33. The van der Waals surface area contributed by atoms with Gasteiger partial charge in [-0.3, -0.25) is 14.5 Å². The summed E-state index contributed by atoms with van der Waals surface area (Å²) >= 11 is 12.4. The summed E-state index contributed by atoms with van der Waals surface area (Å²) in [5, 5.41) is 3.65. The number of anilines is 1. The molecule has 0 aromatic heterocycles. The first-order valence-electron chi connectivity index (χ1n) is 9.99. The lowest BCUT2D eigenvalue weighted by Gasteiger charge is -2.34. The number of nitrogens with zero attached hydrogens (tertiary/aromatic N) is 2. The Morgan fingerprint density at radius 2 is 1.77 bits per heavy atom. The van der Waals surface area contributed by atoms with Crippen LogP contribution in [0.3, 0.4) is 0 Å². The second kappa shape index (κ2) is 10.7. The molecule has 0 radical (unpaired) electrons. The molecular weight excluding hydrogens is 441 g/mol. The molecule has 2 aromatic rings. The molecule has 1 fully saturated rings. The maximum atomic E-state index is 13.0. The summed E-state index contributed by atoms with van der Waals surface area (Å²) < 4.78 is 10.8. The SMILES string of the molecule is CCOc1c(Cl)cc(C(=O)N2CCN(CC(=O)Nc3ccccc3Cl)CC2)cc1OC. The number of hydrogen-bond donors (Lipinski definition) is 1. The van der Waals surface area contributed by atoms with Crippen LogP contribution in [0.5, 0.6) is 11.5 Å². The largest absolute Gasteiger partial charge is 0.493 e. The summed E-state index contributed by atoms with van der Waals surface area (Å²) in [5.74, 6) is 0.574. The molecule has 0 spiro atoms. The van der Waals surface area contributed by atoms with Gasteiger partial charge in [-0.25, -0.2) is 0 Å². The molecule has 0 bridgehead atoms. The maximum absolute atomic E-state index is 13.0. The second-order valence-corrected chi connectivity index (χ2v) is 7.83. The van der Waals surface area contributed by atoms with Crippen molar-refractivity contribution in [1.29, 1.82) is 0 Å². The van der Waals surface area contributed by atoms with Crippen LogP contribution in [0.25, 0.3) is 0 Å². The summed E-state index contributed by atoms with van der Waals surface area (Å²) in [7, 11) is 1.51. The van der Waals surface area contributed by atoms with Crippen LogP contribution in [0, 0.1) is 0 Å². The minimum absolute atomic E-state index is 0.136. The smallest absolute Gasteiger partial charge is 0.254 e. The second-order valence-electron chi connectivity index (χ2n) is 7.02. The molecule has 9 heteroatoms. The topological polar surface area (TPSA) is 71.1 Å². The molecule has 1 N–H and O–H groups in total. The normalized spacial score (nSPS) is 14.3. The first kappa shape index (κ1) is 23.2. The number of methoxy groups -OCH3 is 1. The number of para-hydroxylation sites is 1. The van der Waals surface area contributed by atoms with Gasteiger partial charge in [0.15, 0.2) is 11.5 Å².